The van der Waals surface area contributed by atoms with Crippen molar-refractivity contribution in [3.8, 4) is 0 Å². The molecule has 0 unspecified atom stereocenters. The van der Waals surface area contributed by atoms with Crippen LogP contribution in [0.25, 0.3) is 0 Å². The Morgan fingerprint density at radius 1 is 1.43 bits per heavy atom. The molecule has 1 aromatic carbocycles. The van der Waals surface area contributed by atoms with Crippen LogP contribution in [0.15, 0.2) is 18.2 Å². The van der Waals surface area contributed by atoms with Crippen LogP contribution in [0.4, 0.5) is 9.18 Å². The summed E-state index contributed by atoms with van der Waals surface area (Å²) in [5.74, 6) is -0.593. The van der Waals surface area contributed by atoms with Crippen LogP contribution >= 0.6 is 11.6 Å². The van der Waals surface area contributed by atoms with Crippen molar-refractivity contribution in [3.05, 3.63) is 34.6 Å². The van der Waals surface area contributed by atoms with Gasteiger partial charge >= 0.3 is 6.03 Å². The lowest BCUT2D eigenvalue weighted by Gasteiger charge is -2.39. The van der Waals surface area contributed by atoms with E-state index < -0.39 is 11.6 Å². The number of nitrogens with one attached hydrogen (secondary N) is 2. The van der Waals surface area contributed by atoms with Crippen LogP contribution in [-0.4, -0.2) is 35.5 Å². The summed E-state index contributed by atoms with van der Waals surface area (Å²) in [5.41, 5.74) is -0.0127. The van der Waals surface area contributed by atoms with Gasteiger partial charge in [-0.05, 0) is 44.0 Å². The molecule has 7 heteroatoms. The van der Waals surface area contributed by atoms with Crippen molar-refractivity contribution in [3.63, 3.8) is 0 Å². The topological polar surface area (TPSA) is 61.4 Å². The third-order valence-electron chi connectivity index (χ3n) is 4.80. The van der Waals surface area contributed by atoms with E-state index in [0.717, 1.165) is 24.9 Å². The Bertz CT molecular complexity index is 654. The number of likely N-dealkylation sites (tertiary alicyclic amines) is 1. The summed E-state index contributed by atoms with van der Waals surface area (Å²) >= 11 is 6.09. The second kappa shape index (κ2) is 6.09. The number of nitrogens with zero attached hydrogens (tertiary/aromatic N) is 1. The van der Waals surface area contributed by atoms with E-state index in [1.807, 2.05) is 0 Å². The second-order valence-corrected chi connectivity index (χ2v) is 6.83. The highest BCUT2D eigenvalue weighted by molar-refractivity contribution is 6.31. The number of halogens is 2. The molecule has 3 rings (SSSR count). The molecule has 2 heterocycles. The van der Waals surface area contributed by atoms with Gasteiger partial charge in [0.15, 0.2) is 0 Å². The summed E-state index contributed by atoms with van der Waals surface area (Å²) in [6, 6.07) is 3.96. The molecule has 3 amide bonds. The minimum atomic E-state index is -0.873. The zero-order valence-electron chi connectivity index (χ0n) is 12.9. The molecule has 2 atom stereocenters. The maximum absolute atomic E-state index is 13.1. The lowest BCUT2D eigenvalue weighted by Crippen LogP contribution is -2.55. The van der Waals surface area contributed by atoms with E-state index in [2.05, 4.69) is 15.5 Å². The molecule has 0 aliphatic carbocycles. The number of amides is 3. The largest absolute Gasteiger partial charge is 0.323 e. The predicted molar refractivity (Wildman–Crippen MR) is 84.5 cm³/mol. The van der Waals surface area contributed by atoms with Crippen molar-refractivity contribution in [2.24, 2.45) is 5.92 Å². The first-order valence-corrected chi connectivity index (χ1v) is 8.06. The lowest BCUT2D eigenvalue weighted by atomic mass is 9.80. The smallest absolute Gasteiger partial charge is 0.322 e. The highest BCUT2D eigenvalue weighted by Crippen LogP contribution is 2.31. The van der Waals surface area contributed by atoms with Crippen molar-refractivity contribution in [2.75, 3.05) is 13.1 Å². The summed E-state index contributed by atoms with van der Waals surface area (Å²) in [6.07, 6.45) is 1.81. The van der Waals surface area contributed by atoms with Crippen LogP contribution < -0.4 is 10.6 Å². The third-order valence-corrected chi connectivity index (χ3v) is 5.15. The first-order chi connectivity index (χ1) is 10.9. The van der Waals surface area contributed by atoms with E-state index in [4.69, 9.17) is 11.6 Å². The average molecular weight is 340 g/mol. The van der Waals surface area contributed by atoms with Crippen molar-refractivity contribution in [1.82, 2.24) is 15.5 Å². The van der Waals surface area contributed by atoms with Crippen molar-refractivity contribution in [2.45, 2.75) is 31.8 Å². The van der Waals surface area contributed by atoms with Gasteiger partial charge in [0.2, 0.25) is 0 Å². The van der Waals surface area contributed by atoms with E-state index >= 15 is 0 Å². The van der Waals surface area contributed by atoms with E-state index in [-0.39, 0.29) is 17.6 Å². The van der Waals surface area contributed by atoms with Crippen LogP contribution in [0.3, 0.4) is 0 Å². The van der Waals surface area contributed by atoms with Gasteiger partial charge in [-0.2, -0.15) is 0 Å². The predicted octanol–water partition coefficient (Wildman–Crippen LogP) is 2.29. The number of carbonyl (C=O) groups excluding carboxylic acids is 2. The van der Waals surface area contributed by atoms with Gasteiger partial charge in [-0.25, -0.2) is 9.18 Å². The Kier molecular flexibility index (Phi) is 4.29. The van der Waals surface area contributed by atoms with E-state index in [0.29, 0.717) is 18.1 Å². The summed E-state index contributed by atoms with van der Waals surface area (Å²) in [7, 11) is 0. The van der Waals surface area contributed by atoms with Gasteiger partial charge in [-0.15, -0.1) is 0 Å². The highest BCUT2D eigenvalue weighted by Gasteiger charge is 2.48. The lowest BCUT2D eigenvalue weighted by molar-refractivity contribution is -0.126. The van der Waals surface area contributed by atoms with Crippen molar-refractivity contribution >= 4 is 23.5 Å². The van der Waals surface area contributed by atoms with E-state index in [9.17, 15) is 14.0 Å². The Balaban J connectivity index is 1.71. The van der Waals surface area contributed by atoms with Gasteiger partial charge < -0.3 is 5.32 Å². The molecular weight excluding hydrogens is 321 g/mol. The normalized spacial score (nSPS) is 28.6. The summed E-state index contributed by atoms with van der Waals surface area (Å²) in [6.45, 7) is 3.93. The molecule has 2 saturated heterocycles. The number of urea groups is 1. The van der Waals surface area contributed by atoms with Crippen molar-refractivity contribution in [1.29, 1.82) is 0 Å². The zero-order chi connectivity index (χ0) is 16.6. The van der Waals surface area contributed by atoms with Gasteiger partial charge in [0, 0.05) is 24.0 Å². The zero-order valence-corrected chi connectivity index (χ0v) is 13.6. The number of hydrogen-bond donors (Lipinski definition) is 2. The van der Waals surface area contributed by atoms with Gasteiger partial charge in [0.05, 0.1) is 0 Å². The summed E-state index contributed by atoms with van der Waals surface area (Å²) < 4.78 is 13.1. The molecule has 23 heavy (non-hydrogen) atoms. The molecule has 1 aromatic rings. The Morgan fingerprint density at radius 2 is 2.22 bits per heavy atom. The molecule has 0 bridgehead atoms. The molecular formula is C16H19ClFN3O2. The third kappa shape index (κ3) is 3.19. The van der Waals surface area contributed by atoms with E-state index in [1.54, 1.807) is 13.0 Å². The minimum absolute atomic E-state index is 0.0296. The van der Waals surface area contributed by atoms with Crippen molar-refractivity contribution < 1.29 is 14.0 Å². The molecule has 0 radical (unpaired) electrons. The number of rotatable bonds is 3. The monoisotopic (exact) mass is 339 g/mol. The molecule has 0 aromatic heterocycles. The Morgan fingerprint density at radius 3 is 2.87 bits per heavy atom. The summed E-state index contributed by atoms with van der Waals surface area (Å²) in [5, 5.41) is 5.47. The number of benzene rings is 1. The second-order valence-electron chi connectivity index (χ2n) is 6.42. The molecule has 5 nitrogen and oxygen atoms in total. The number of hydrogen-bond acceptors (Lipinski definition) is 3. The van der Waals surface area contributed by atoms with E-state index in [1.165, 1.54) is 12.1 Å². The summed E-state index contributed by atoms with van der Waals surface area (Å²) in [4.78, 5) is 25.7. The molecule has 124 valence electrons. The standard InChI is InChI=1S/C16H19ClFN3O2/c1-16(14(22)19-15(23)20-16)11-3-2-6-21(9-11)8-10-4-5-12(18)7-13(10)17/h4-5,7,11H,2-3,6,8-9H2,1H3,(H2,19,20,22,23)/t11-,16+/m0/s1. The highest BCUT2D eigenvalue weighted by atomic mass is 35.5. The van der Waals surface area contributed by atoms with Gasteiger partial charge in [-0.3, -0.25) is 15.0 Å². The number of piperidine rings is 1. The van der Waals surface area contributed by atoms with Gasteiger partial charge in [0.1, 0.15) is 11.4 Å². The van der Waals surface area contributed by atoms with Crippen LogP contribution in [0.5, 0.6) is 0 Å². The Labute approximate surface area is 139 Å². The molecule has 2 aliphatic heterocycles. The minimum Gasteiger partial charge on any atom is -0.323 e. The number of imide groups is 1. The SMILES string of the molecule is C[C@]1([C@H]2CCCN(Cc3ccc(F)cc3Cl)C2)NC(=O)NC1=O. The fraction of sp³-hybridized carbons (Fsp3) is 0.500. The first-order valence-electron chi connectivity index (χ1n) is 7.68. The fourth-order valence-corrected chi connectivity index (χ4v) is 3.63. The van der Waals surface area contributed by atoms with Crippen LogP contribution in [0, 0.1) is 11.7 Å². The molecule has 2 fully saturated rings. The van der Waals surface area contributed by atoms with Gasteiger partial charge in [-0.1, -0.05) is 17.7 Å². The van der Waals surface area contributed by atoms with Crippen LogP contribution in [-0.2, 0) is 11.3 Å². The average Bonchev–Trinajstić information content (AvgIpc) is 2.76. The molecule has 2 aliphatic rings. The first kappa shape index (κ1) is 16.2. The molecule has 0 saturated carbocycles. The maximum atomic E-state index is 13.1. The van der Waals surface area contributed by atoms with Crippen LogP contribution in [0.2, 0.25) is 5.02 Å². The van der Waals surface area contributed by atoms with Crippen LogP contribution in [0.1, 0.15) is 25.3 Å². The fourth-order valence-electron chi connectivity index (χ4n) is 3.41. The Hall–Kier alpha value is -1.66. The van der Waals surface area contributed by atoms with Gasteiger partial charge in [0.25, 0.3) is 5.91 Å². The number of carbonyl (C=O) groups is 2. The molecule has 0 spiro atoms. The maximum Gasteiger partial charge on any atom is 0.322 e. The quantitative estimate of drug-likeness (QED) is 0.831. The molecule has 2 N–H and O–H groups in total.